The van der Waals surface area contributed by atoms with Crippen LogP contribution >= 0.6 is 0 Å². The number of aryl methyl sites for hydroxylation is 1. The summed E-state index contributed by atoms with van der Waals surface area (Å²) in [7, 11) is 0. The normalized spacial score (nSPS) is 24.6. The van der Waals surface area contributed by atoms with Crippen LogP contribution in [0.3, 0.4) is 0 Å². The molecule has 0 aromatic heterocycles. The van der Waals surface area contributed by atoms with Crippen molar-refractivity contribution >= 4 is 0 Å². The number of hydrogen-bond donors (Lipinski definition) is 1. The number of nitrogens with one attached hydrogen (secondary N) is 1. The van der Waals surface area contributed by atoms with Crippen molar-refractivity contribution in [1.29, 1.82) is 0 Å². The van der Waals surface area contributed by atoms with Gasteiger partial charge in [0, 0.05) is 13.2 Å². The second-order valence-corrected chi connectivity index (χ2v) is 7.37. The third-order valence-corrected chi connectivity index (χ3v) is 5.50. The highest BCUT2D eigenvalue weighted by Gasteiger charge is 2.44. The number of benzene rings is 2. The van der Waals surface area contributed by atoms with Crippen molar-refractivity contribution in [3.63, 3.8) is 0 Å². The van der Waals surface area contributed by atoms with E-state index in [9.17, 15) is 0 Å². The van der Waals surface area contributed by atoms with Crippen molar-refractivity contribution in [1.82, 2.24) is 5.32 Å². The van der Waals surface area contributed by atoms with Gasteiger partial charge in [0.05, 0.1) is 0 Å². The summed E-state index contributed by atoms with van der Waals surface area (Å²) in [4.78, 5) is 0. The van der Waals surface area contributed by atoms with E-state index in [1.165, 1.54) is 35.1 Å². The van der Waals surface area contributed by atoms with Gasteiger partial charge >= 0.3 is 0 Å². The summed E-state index contributed by atoms with van der Waals surface area (Å²) in [5, 5.41) is 3.55. The average Bonchev–Trinajstić information content (AvgIpc) is 2.65. The predicted molar refractivity (Wildman–Crippen MR) is 109 cm³/mol. The van der Waals surface area contributed by atoms with Crippen LogP contribution in [0, 0.1) is 12.8 Å². The van der Waals surface area contributed by atoms with E-state index >= 15 is 0 Å². The molecule has 26 heavy (non-hydrogen) atoms. The minimum absolute atomic E-state index is 0.317. The summed E-state index contributed by atoms with van der Waals surface area (Å²) >= 11 is 0. The molecular formula is C24H31NO. The quantitative estimate of drug-likeness (QED) is 0.720. The van der Waals surface area contributed by atoms with Gasteiger partial charge < -0.3 is 10.1 Å². The van der Waals surface area contributed by atoms with Crippen LogP contribution in [-0.2, 0) is 16.9 Å². The van der Waals surface area contributed by atoms with E-state index in [4.69, 9.17) is 4.74 Å². The Morgan fingerprint density at radius 3 is 2.69 bits per heavy atom. The summed E-state index contributed by atoms with van der Waals surface area (Å²) in [5.74, 6) is 0.461. The van der Waals surface area contributed by atoms with E-state index in [1.54, 1.807) is 0 Å². The minimum atomic E-state index is -0.317. The number of hydrogen-bond acceptors (Lipinski definition) is 2. The molecule has 0 spiro atoms. The van der Waals surface area contributed by atoms with Crippen molar-refractivity contribution in [3.8, 4) is 0 Å². The lowest BCUT2D eigenvalue weighted by molar-refractivity contribution is -0.0686. The first kappa shape index (κ1) is 18.7. The van der Waals surface area contributed by atoms with Crippen molar-refractivity contribution < 1.29 is 4.74 Å². The van der Waals surface area contributed by atoms with Crippen LogP contribution in [0.15, 0.2) is 66.4 Å². The highest BCUT2D eigenvalue weighted by molar-refractivity contribution is 5.38. The molecule has 1 fully saturated rings. The fourth-order valence-corrected chi connectivity index (χ4v) is 4.26. The van der Waals surface area contributed by atoms with Gasteiger partial charge in [0.1, 0.15) is 5.60 Å². The van der Waals surface area contributed by atoms with Gasteiger partial charge in [-0.1, -0.05) is 67.1 Å². The molecule has 138 valence electrons. The summed E-state index contributed by atoms with van der Waals surface area (Å²) in [6.45, 7) is 8.16. The Morgan fingerprint density at radius 2 is 1.96 bits per heavy atom. The van der Waals surface area contributed by atoms with E-state index in [0.29, 0.717) is 12.5 Å². The summed E-state index contributed by atoms with van der Waals surface area (Å²) in [6.07, 6.45) is 5.73. The van der Waals surface area contributed by atoms with Crippen molar-refractivity contribution in [2.75, 3.05) is 6.61 Å². The maximum Gasteiger partial charge on any atom is 0.118 e. The highest BCUT2D eigenvalue weighted by atomic mass is 16.5. The van der Waals surface area contributed by atoms with E-state index in [-0.39, 0.29) is 5.60 Å². The van der Waals surface area contributed by atoms with Crippen LogP contribution in [0.25, 0.3) is 0 Å². The van der Waals surface area contributed by atoms with Gasteiger partial charge in [0.2, 0.25) is 0 Å². The summed E-state index contributed by atoms with van der Waals surface area (Å²) in [5.41, 5.74) is 4.93. The summed E-state index contributed by atoms with van der Waals surface area (Å²) in [6, 6.07) is 19.4. The van der Waals surface area contributed by atoms with Gasteiger partial charge in [-0.05, 0) is 61.9 Å². The molecule has 0 aliphatic heterocycles. The molecule has 0 amide bonds. The molecule has 2 atom stereocenters. The third-order valence-electron chi connectivity index (χ3n) is 5.50. The molecule has 1 aliphatic rings. The Morgan fingerprint density at radius 1 is 1.15 bits per heavy atom. The molecule has 3 rings (SSSR count). The molecule has 1 aliphatic carbocycles. The standard InChI is InChI=1S/C24H31NO/c1-4-26-24(22-14-8-10-19(2)16-22)20(3)11-9-15-23(24)18-25-17-21-12-6-5-7-13-21/h5-8,10,12-14,16,18,20,25H,4,9,11,15,17H2,1-3H3/b23-18+. The SMILES string of the molecule is CCOC1(c2cccc(C)c2)/C(=C/NCc2ccccc2)CCCC1C. The monoisotopic (exact) mass is 349 g/mol. The van der Waals surface area contributed by atoms with Crippen LogP contribution in [0.2, 0.25) is 0 Å². The zero-order valence-corrected chi connectivity index (χ0v) is 16.3. The second-order valence-electron chi connectivity index (χ2n) is 7.37. The van der Waals surface area contributed by atoms with E-state index in [1.807, 2.05) is 0 Å². The zero-order valence-electron chi connectivity index (χ0n) is 16.3. The van der Waals surface area contributed by atoms with Crippen LogP contribution in [0.5, 0.6) is 0 Å². The van der Waals surface area contributed by atoms with Gasteiger partial charge in [-0.2, -0.15) is 0 Å². The van der Waals surface area contributed by atoms with E-state index < -0.39 is 0 Å². The number of ether oxygens (including phenoxy) is 1. The highest BCUT2D eigenvalue weighted by Crippen LogP contribution is 2.48. The Kier molecular flexibility index (Phi) is 6.16. The predicted octanol–water partition coefficient (Wildman–Crippen LogP) is 5.72. The van der Waals surface area contributed by atoms with Crippen molar-refractivity contribution in [2.24, 2.45) is 5.92 Å². The molecule has 2 aromatic carbocycles. The fraction of sp³-hybridized carbons (Fsp3) is 0.417. The first-order chi connectivity index (χ1) is 12.7. The van der Waals surface area contributed by atoms with Crippen LogP contribution in [0.4, 0.5) is 0 Å². The lowest BCUT2D eigenvalue weighted by Crippen LogP contribution is -2.42. The Hall–Kier alpha value is -2.06. The van der Waals surface area contributed by atoms with Crippen molar-refractivity contribution in [2.45, 2.75) is 52.2 Å². The second kappa shape index (κ2) is 8.55. The molecule has 1 saturated carbocycles. The fourth-order valence-electron chi connectivity index (χ4n) is 4.26. The Labute approximate surface area is 158 Å². The number of rotatable bonds is 6. The smallest absolute Gasteiger partial charge is 0.118 e. The first-order valence-corrected chi connectivity index (χ1v) is 9.84. The molecule has 0 radical (unpaired) electrons. The van der Waals surface area contributed by atoms with Gasteiger partial charge in [-0.3, -0.25) is 0 Å². The topological polar surface area (TPSA) is 21.3 Å². The van der Waals surface area contributed by atoms with Gasteiger partial charge in [-0.15, -0.1) is 0 Å². The molecule has 2 nitrogen and oxygen atoms in total. The minimum Gasteiger partial charge on any atom is -0.387 e. The molecule has 2 heteroatoms. The largest absolute Gasteiger partial charge is 0.387 e. The van der Waals surface area contributed by atoms with Gasteiger partial charge in [0.25, 0.3) is 0 Å². The van der Waals surface area contributed by atoms with Gasteiger partial charge in [-0.25, -0.2) is 0 Å². The first-order valence-electron chi connectivity index (χ1n) is 9.84. The van der Waals surface area contributed by atoms with Crippen LogP contribution < -0.4 is 5.32 Å². The molecule has 0 heterocycles. The average molecular weight is 350 g/mol. The lowest BCUT2D eigenvalue weighted by atomic mass is 9.69. The zero-order chi connectivity index (χ0) is 18.4. The molecule has 2 aromatic rings. The van der Waals surface area contributed by atoms with Crippen LogP contribution in [-0.4, -0.2) is 6.61 Å². The lowest BCUT2D eigenvalue weighted by Gasteiger charge is -2.45. The van der Waals surface area contributed by atoms with E-state index in [2.05, 4.69) is 86.9 Å². The maximum absolute atomic E-state index is 6.53. The van der Waals surface area contributed by atoms with E-state index in [0.717, 1.165) is 13.0 Å². The molecule has 0 bridgehead atoms. The van der Waals surface area contributed by atoms with Gasteiger partial charge in [0.15, 0.2) is 0 Å². The molecule has 2 unspecified atom stereocenters. The summed E-state index contributed by atoms with van der Waals surface area (Å²) < 4.78 is 6.53. The molecule has 0 saturated heterocycles. The molecule has 1 N–H and O–H groups in total. The third kappa shape index (κ3) is 3.86. The Bertz CT molecular complexity index is 737. The molecular weight excluding hydrogens is 318 g/mol. The maximum atomic E-state index is 6.53. The van der Waals surface area contributed by atoms with Crippen molar-refractivity contribution in [3.05, 3.63) is 83.1 Å². The Balaban J connectivity index is 1.93. The van der Waals surface area contributed by atoms with Crippen LogP contribution in [0.1, 0.15) is 49.8 Å².